The largest absolute Gasteiger partial charge is 0.373 e. The maximum Gasteiger partial charge on any atom is 0.0850 e. The topological polar surface area (TPSA) is 24.6 Å². The molecule has 2 fully saturated rings. The van der Waals surface area contributed by atoms with Crippen LogP contribution < -0.4 is 5.32 Å². The molecule has 0 amide bonds. The van der Waals surface area contributed by atoms with Crippen LogP contribution in [0.3, 0.4) is 0 Å². The Kier molecular flexibility index (Phi) is 1.02. The van der Waals surface area contributed by atoms with Gasteiger partial charge in [0.1, 0.15) is 0 Å². The van der Waals surface area contributed by atoms with E-state index in [0.717, 1.165) is 12.5 Å². The van der Waals surface area contributed by atoms with Gasteiger partial charge in [0.05, 0.1) is 12.7 Å². The number of hydrogen-bond acceptors (Lipinski definition) is 2. The molecule has 2 unspecified atom stereocenters. The van der Waals surface area contributed by atoms with E-state index in [-0.39, 0.29) is 0 Å². The third-order valence-corrected chi connectivity index (χ3v) is 1.98. The Balaban J connectivity index is 1.86. The molecule has 0 aromatic carbocycles. The van der Waals surface area contributed by atoms with E-state index in [1.54, 1.807) is 0 Å². The SMILES string of the molecule is C1CC(C2CO2)CN1. The minimum absolute atomic E-state index is 0.630. The predicted octanol–water partition coefficient (Wildman–Crippen LogP) is -0.00530. The molecule has 2 nitrogen and oxygen atoms in total. The van der Waals surface area contributed by atoms with Crippen LogP contribution in [-0.2, 0) is 4.74 Å². The van der Waals surface area contributed by atoms with Gasteiger partial charge in [-0.15, -0.1) is 0 Å². The van der Waals surface area contributed by atoms with Crippen molar-refractivity contribution >= 4 is 0 Å². The molecule has 2 heteroatoms. The van der Waals surface area contributed by atoms with Crippen LogP contribution >= 0.6 is 0 Å². The molecule has 2 saturated heterocycles. The van der Waals surface area contributed by atoms with Gasteiger partial charge in [0.2, 0.25) is 0 Å². The fourth-order valence-corrected chi connectivity index (χ4v) is 1.32. The first kappa shape index (κ1) is 4.77. The van der Waals surface area contributed by atoms with E-state index in [0.29, 0.717) is 6.10 Å². The number of hydrogen-bond donors (Lipinski definition) is 1. The number of ether oxygens (including phenoxy) is 1. The van der Waals surface area contributed by atoms with Gasteiger partial charge in [0, 0.05) is 12.5 Å². The highest BCUT2D eigenvalue weighted by atomic mass is 16.6. The van der Waals surface area contributed by atoms with Crippen molar-refractivity contribution in [1.82, 2.24) is 5.32 Å². The zero-order valence-corrected chi connectivity index (χ0v) is 4.89. The first-order chi connectivity index (χ1) is 3.97. The van der Waals surface area contributed by atoms with E-state index in [1.807, 2.05) is 0 Å². The lowest BCUT2D eigenvalue weighted by Gasteiger charge is -1.98. The smallest absolute Gasteiger partial charge is 0.0850 e. The van der Waals surface area contributed by atoms with E-state index >= 15 is 0 Å². The molecule has 0 aromatic rings. The van der Waals surface area contributed by atoms with Crippen molar-refractivity contribution in [2.24, 2.45) is 5.92 Å². The van der Waals surface area contributed by atoms with Crippen LogP contribution in [0.5, 0.6) is 0 Å². The summed E-state index contributed by atoms with van der Waals surface area (Å²) in [5.41, 5.74) is 0. The van der Waals surface area contributed by atoms with Crippen molar-refractivity contribution in [3.63, 3.8) is 0 Å². The van der Waals surface area contributed by atoms with Gasteiger partial charge in [-0.2, -0.15) is 0 Å². The summed E-state index contributed by atoms with van der Waals surface area (Å²) in [6, 6.07) is 0. The lowest BCUT2D eigenvalue weighted by atomic mass is 10.1. The molecular formula is C6H11NO. The second-order valence-corrected chi connectivity index (χ2v) is 2.62. The fourth-order valence-electron chi connectivity index (χ4n) is 1.32. The number of nitrogens with one attached hydrogen (secondary N) is 1. The Morgan fingerprint density at radius 1 is 1.50 bits per heavy atom. The van der Waals surface area contributed by atoms with Gasteiger partial charge in [-0.1, -0.05) is 0 Å². The molecule has 2 atom stereocenters. The van der Waals surface area contributed by atoms with Gasteiger partial charge >= 0.3 is 0 Å². The highest BCUT2D eigenvalue weighted by molar-refractivity contribution is 4.84. The van der Waals surface area contributed by atoms with Gasteiger partial charge < -0.3 is 10.1 Å². The monoisotopic (exact) mass is 113 g/mol. The van der Waals surface area contributed by atoms with E-state index < -0.39 is 0 Å². The average Bonchev–Trinajstić information content (AvgIpc) is 2.49. The molecule has 2 aliphatic heterocycles. The average molecular weight is 113 g/mol. The van der Waals surface area contributed by atoms with Crippen LogP contribution in [0.25, 0.3) is 0 Å². The summed E-state index contributed by atoms with van der Waals surface area (Å²) >= 11 is 0. The summed E-state index contributed by atoms with van der Waals surface area (Å²) in [6.45, 7) is 3.40. The van der Waals surface area contributed by atoms with Crippen molar-refractivity contribution in [3.05, 3.63) is 0 Å². The summed E-state index contributed by atoms with van der Waals surface area (Å²) in [5, 5.41) is 3.31. The van der Waals surface area contributed by atoms with Crippen LogP contribution in [0, 0.1) is 5.92 Å². The molecule has 2 heterocycles. The molecular weight excluding hydrogens is 102 g/mol. The second kappa shape index (κ2) is 1.71. The standard InChI is InChI=1S/C6H11NO/c1-2-7-3-5(1)6-4-8-6/h5-7H,1-4H2. The first-order valence-corrected chi connectivity index (χ1v) is 3.29. The van der Waals surface area contributed by atoms with Crippen molar-refractivity contribution < 1.29 is 4.74 Å². The van der Waals surface area contributed by atoms with Crippen molar-refractivity contribution in [1.29, 1.82) is 0 Å². The second-order valence-electron chi connectivity index (χ2n) is 2.62. The maximum absolute atomic E-state index is 5.15. The molecule has 0 aromatic heterocycles. The van der Waals surface area contributed by atoms with Crippen LogP contribution in [0.4, 0.5) is 0 Å². The Bertz CT molecular complexity index is 84.5. The summed E-state index contributed by atoms with van der Waals surface area (Å²) < 4.78 is 5.15. The molecule has 0 saturated carbocycles. The first-order valence-electron chi connectivity index (χ1n) is 3.29. The van der Waals surface area contributed by atoms with E-state index in [1.165, 1.54) is 19.5 Å². The summed E-state index contributed by atoms with van der Waals surface area (Å²) in [4.78, 5) is 0. The molecule has 0 spiro atoms. The van der Waals surface area contributed by atoms with Gasteiger partial charge in [-0.25, -0.2) is 0 Å². The van der Waals surface area contributed by atoms with E-state index in [2.05, 4.69) is 5.32 Å². The lowest BCUT2D eigenvalue weighted by molar-refractivity contribution is 0.342. The van der Waals surface area contributed by atoms with Crippen molar-refractivity contribution in [2.45, 2.75) is 12.5 Å². The maximum atomic E-state index is 5.15. The van der Waals surface area contributed by atoms with Gasteiger partial charge in [0.15, 0.2) is 0 Å². The Hall–Kier alpha value is -0.0800. The zero-order valence-electron chi connectivity index (χ0n) is 4.89. The fraction of sp³-hybridized carbons (Fsp3) is 1.00. The number of epoxide rings is 1. The molecule has 1 N–H and O–H groups in total. The Morgan fingerprint density at radius 2 is 2.38 bits per heavy atom. The molecule has 0 radical (unpaired) electrons. The predicted molar refractivity (Wildman–Crippen MR) is 30.7 cm³/mol. The quantitative estimate of drug-likeness (QED) is 0.484. The van der Waals surface area contributed by atoms with Crippen LogP contribution in [-0.4, -0.2) is 25.8 Å². The number of rotatable bonds is 1. The molecule has 2 aliphatic rings. The van der Waals surface area contributed by atoms with Crippen molar-refractivity contribution in [2.75, 3.05) is 19.7 Å². The highest BCUT2D eigenvalue weighted by Gasteiger charge is 2.33. The molecule has 0 aliphatic carbocycles. The molecule has 0 bridgehead atoms. The minimum atomic E-state index is 0.630. The highest BCUT2D eigenvalue weighted by Crippen LogP contribution is 2.24. The van der Waals surface area contributed by atoms with Crippen LogP contribution in [0.2, 0.25) is 0 Å². The molecule has 46 valence electrons. The Morgan fingerprint density at radius 3 is 2.88 bits per heavy atom. The van der Waals surface area contributed by atoms with Crippen molar-refractivity contribution in [3.8, 4) is 0 Å². The third kappa shape index (κ3) is 0.740. The summed E-state index contributed by atoms with van der Waals surface area (Å²) in [5.74, 6) is 0.843. The van der Waals surface area contributed by atoms with E-state index in [9.17, 15) is 0 Å². The lowest BCUT2D eigenvalue weighted by Crippen LogP contribution is -2.12. The zero-order chi connectivity index (χ0) is 5.40. The van der Waals surface area contributed by atoms with Gasteiger partial charge in [-0.05, 0) is 13.0 Å². The summed E-state index contributed by atoms with van der Waals surface area (Å²) in [6.07, 6.45) is 1.95. The molecule has 2 rings (SSSR count). The minimum Gasteiger partial charge on any atom is -0.373 e. The molecule has 8 heavy (non-hydrogen) atoms. The Labute approximate surface area is 49.2 Å². The van der Waals surface area contributed by atoms with Gasteiger partial charge in [0.25, 0.3) is 0 Å². The van der Waals surface area contributed by atoms with Crippen LogP contribution in [0.1, 0.15) is 6.42 Å². The third-order valence-electron chi connectivity index (χ3n) is 1.98. The van der Waals surface area contributed by atoms with Crippen LogP contribution in [0.15, 0.2) is 0 Å². The normalized spacial score (nSPS) is 45.0. The van der Waals surface area contributed by atoms with Gasteiger partial charge in [-0.3, -0.25) is 0 Å². The van der Waals surface area contributed by atoms with E-state index in [4.69, 9.17) is 4.74 Å². The summed E-state index contributed by atoms with van der Waals surface area (Å²) in [7, 11) is 0.